The van der Waals surface area contributed by atoms with Crippen LogP contribution in [0.4, 0.5) is 8.78 Å². The van der Waals surface area contributed by atoms with E-state index in [1.165, 1.54) is 6.07 Å². The Bertz CT molecular complexity index is 2150. The Hall–Kier alpha value is -5.20. The summed E-state index contributed by atoms with van der Waals surface area (Å²) in [6.45, 7) is 5.95. The van der Waals surface area contributed by atoms with Gasteiger partial charge in [-0.25, -0.2) is 8.78 Å². The van der Waals surface area contributed by atoms with Crippen molar-refractivity contribution in [1.82, 2.24) is 15.5 Å². The Morgan fingerprint density at radius 3 is 2.46 bits per heavy atom. The number of hydrogen-bond acceptors (Lipinski definition) is 8. The van der Waals surface area contributed by atoms with E-state index in [-0.39, 0.29) is 24.4 Å². The molecule has 4 aromatic rings. The van der Waals surface area contributed by atoms with E-state index in [2.05, 4.69) is 27.7 Å². The van der Waals surface area contributed by atoms with E-state index < -0.39 is 12.3 Å². The Morgan fingerprint density at radius 1 is 0.930 bits per heavy atom. The van der Waals surface area contributed by atoms with Crippen LogP contribution in [0.3, 0.4) is 0 Å². The van der Waals surface area contributed by atoms with Crippen molar-refractivity contribution < 1.29 is 27.8 Å². The highest BCUT2D eigenvalue weighted by atomic mass is 35.5. The molecular weight excluding hydrogens is 748 g/mol. The number of fused-ring (bicyclic) bond motifs is 1. The molecule has 12 heteroatoms. The third kappa shape index (κ3) is 9.85. The highest BCUT2D eigenvalue weighted by Crippen LogP contribution is 2.44. The molecule has 1 aliphatic carbocycles. The minimum Gasteiger partial charge on any atom is -0.493 e. The molecule has 3 aliphatic rings. The number of carbonyl (C=O) groups is 1. The average molecular weight is 794 g/mol. The second kappa shape index (κ2) is 18.4. The molecule has 2 N–H and O–H groups in total. The molecule has 296 valence electrons. The van der Waals surface area contributed by atoms with Crippen molar-refractivity contribution in [3.63, 3.8) is 0 Å². The third-order valence-electron chi connectivity index (χ3n) is 11.1. The number of rotatable bonds is 14. The summed E-state index contributed by atoms with van der Waals surface area (Å²) in [7, 11) is 0. The molecule has 1 unspecified atom stereocenters. The zero-order valence-corrected chi connectivity index (χ0v) is 32.8. The number of piperidine rings is 2. The van der Waals surface area contributed by atoms with Gasteiger partial charge in [-0.15, -0.1) is 0 Å². The first kappa shape index (κ1) is 40.0. The predicted octanol–water partition coefficient (Wildman–Crippen LogP) is 8.41. The minimum absolute atomic E-state index is 0.0332. The van der Waals surface area contributed by atoms with Crippen LogP contribution in [-0.4, -0.2) is 55.8 Å². The van der Waals surface area contributed by atoms with Gasteiger partial charge in [-0.1, -0.05) is 23.7 Å². The number of nitrogens with zero attached hydrogens (tertiary/aromatic N) is 3. The first-order chi connectivity index (χ1) is 27.7. The van der Waals surface area contributed by atoms with Gasteiger partial charge in [-0.05, 0) is 121 Å². The van der Waals surface area contributed by atoms with E-state index in [0.29, 0.717) is 91.4 Å². The molecule has 7 rings (SSSR count). The van der Waals surface area contributed by atoms with Crippen molar-refractivity contribution in [3.05, 3.63) is 110 Å². The van der Waals surface area contributed by atoms with E-state index in [4.69, 9.17) is 25.8 Å². The van der Waals surface area contributed by atoms with Crippen LogP contribution < -0.4 is 24.8 Å². The number of nitrogens with one attached hydrogen (secondary N) is 2. The van der Waals surface area contributed by atoms with Crippen molar-refractivity contribution in [3.8, 4) is 40.5 Å². The molecule has 0 radical (unpaired) electrons. The summed E-state index contributed by atoms with van der Waals surface area (Å²) >= 11 is 6.90. The van der Waals surface area contributed by atoms with E-state index >= 15 is 4.39 Å². The summed E-state index contributed by atoms with van der Waals surface area (Å²) in [5.41, 5.74) is 6.54. The highest BCUT2D eigenvalue weighted by molar-refractivity contribution is 6.32. The van der Waals surface area contributed by atoms with Gasteiger partial charge in [0.1, 0.15) is 41.9 Å². The zero-order valence-electron chi connectivity index (χ0n) is 32.0. The van der Waals surface area contributed by atoms with Gasteiger partial charge in [0.2, 0.25) is 5.91 Å². The van der Waals surface area contributed by atoms with Crippen molar-refractivity contribution in [1.29, 1.82) is 10.5 Å². The Kier molecular flexibility index (Phi) is 12.9. The van der Waals surface area contributed by atoms with E-state index in [1.807, 2.05) is 25.1 Å². The lowest BCUT2D eigenvalue weighted by molar-refractivity contribution is -0.122. The third-order valence-corrected chi connectivity index (χ3v) is 11.4. The van der Waals surface area contributed by atoms with Gasteiger partial charge in [0.25, 0.3) is 0 Å². The maximum absolute atomic E-state index is 15.5. The summed E-state index contributed by atoms with van der Waals surface area (Å²) < 4.78 is 48.2. The molecule has 0 aromatic heterocycles. The van der Waals surface area contributed by atoms with Gasteiger partial charge < -0.3 is 29.7 Å². The monoisotopic (exact) mass is 793 g/mol. The number of benzene rings is 4. The van der Waals surface area contributed by atoms with Crippen LogP contribution >= 0.6 is 11.6 Å². The minimum atomic E-state index is -0.689. The first-order valence-electron chi connectivity index (χ1n) is 19.6. The molecule has 2 atom stereocenters. The molecule has 4 aromatic carbocycles. The molecule has 0 bridgehead atoms. The van der Waals surface area contributed by atoms with Crippen LogP contribution in [0.1, 0.15) is 83.6 Å². The van der Waals surface area contributed by atoms with E-state index in [9.17, 15) is 19.7 Å². The van der Waals surface area contributed by atoms with Crippen LogP contribution in [0.5, 0.6) is 17.2 Å². The number of ether oxygens (including phenoxy) is 3. The van der Waals surface area contributed by atoms with Gasteiger partial charge in [-0.2, -0.15) is 10.5 Å². The van der Waals surface area contributed by atoms with Crippen molar-refractivity contribution in [2.75, 3.05) is 32.8 Å². The molecule has 2 aliphatic heterocycles. The molecule has 9 nitrogen and oxygen atoms in total. The summed E-state index contributed by atoms with van der Waals surface area (Å²) in [5.74, 6) is 1.30. The number of amides is 1. The smallest absolute Gasteiger partial charge is 0.220 e. The van der Waals surface area contributed by atoms with E-state index in [1.54, 1.807) is 36.4 Å². The number of likely N-dealkylation sites (tertiary alicyclic amines) is 1. The molecular formula is C45H46ClF2N5O4. The predicted molar refractivity (Wildman–Crippen MR) is 213 cm³/mol. The molecule has 0 saturated carbocycles. The molecule has 2 heterocycles. The van der Waals surface area contributed by atoms with Gasteiger partial charge >= 0.3 is 0 Å². The first-order valence-corrected chi connectivity index (χ1v) is 20.0. The van der Waals surface area contributed by atoms with Crippen molar-refractivity contribution in [2.24, 2.45) is 0 Å². The van der Waals surface area contributed by atoms with Crippen molar-refractivity contribution >= 4 is 17.5 Å². The Labute approximate surface area is 337 Å². The molecule has 57 heavy (non-hydrogen) atoms. The zero-order chi connectivity index (χ0) is 39.9. The lowest BCUT2D eigenvalue weighted by Crippen LogP contribution is -2.45. The topological polar surface area (TPSA) is 120 Å². The van der Waals surface area contributed by atoms with Crippen LogP contribution in [-0.2, 0) is 24.4 Å². The average Bonchev–Trinajstić information content (AvgIpc) is 3.62. The Balaban J connectivity index is 1.09. The molecule has 0 spiro atoms. The number of hydrogen-bond donors (Lipinski definition) is 2. The van der Waals surface area contributed by atoms with Gasteiger partial charge in [0.15, 0.2) is 0 Å². The van der Waals surface area contributed by atoms with Crippen molar-refractivity contribution in [2.45, 2.75) is 83.3 Å². The quantitative estimate of drug-likeness (QED) is 0.122. The molecule has 2 saturated heterocycles. The van der Waals surface area contributed by atoms with Crippen LogP contribution in [0.25, 0.3) is 11.1 Å². The fourth-order valence-corrected chi connectivity index (χ4v) is 8.23. The number of carbonyl (C=O) groups excluding carboxylic acids is 1. The van der Waals surface area contributed by atoms with Gasteiger partial charge in [0.05, 0.1) is 34.9 Å². The van der Waals surface area contributed by atoms with Crippen LogP contribution in [0.2, 0.25) is 5.02 Å². The highest BCUT2D eigenvalue weighted by Gasteiger charge is 2.30. The Morgan fingerprint density at radius 2 is 1.72 bits per heavy atom. The SMILES string of the molecule is Cc1c(OCCCN2CCC(F)CC2)cccc1-c1cc(F)cc2c1CC[C@@H]2Oc1cc(OCc2cc(C#N)cc(C#N)c2)c(CNC2CCC(=O)NC2)cc1Cl. The maximum atomic E-state index is 15.5. The van der Waals surface area contributed by atoms with E-state index in [0.717, 1.165) is 65.2 Å². The fraction of sp³-hybridized carbons (Fsp3) is 0.400. The lowest BCUT2D eigenvalue weighted by atomic mass is 9.93. The number of alkyl halides is 1. The number of nitriles is 2. The lowest BCUT2D eigenvalue weighted by Gasteiger charge is -2.28. The summed E-state index contributed by atoms with van der Waals surface area (Å²) in [4.78, 5) is 14.0. The number of halogens is 3. The second-order valence-electron chi connectivity index (χ2n) is 15.1. The van der Waals surface area contributed by atoms with Gasteiger partial charge in [-0.3, -0.25) is 4.79 Å². The maximum Gasteiger partial charge on any atom is 0.220 e. The summed E-state index contributed by atoms with van der Waals surface area (Å²) in [6, 6.07) is 21.7. The standard InChI is InChI=1S/C45H46ClF2N5O4/c1-28-36(4-2-5-41(28)55-15-3-12-53-13-10-33(47)11-14-53)38-20-34(48)21-39-37(38)7-8-42(39)57-44-22-43(56-27-31-17-29(23-49)16-30(18-31)24-50)32(19-40(44)46)25-51-35-6-9-45(54)52-26-35/h2,4-5,16-22,33,35,42,51H,3,6-15,25-27H2,1H3,(H,52,54)/t35?,42-/m0/s1. The normalized spacial score (nSPS) is 18.3. The summed E-state index contributed by atoms with van der Waals surface area (Å²) in [6.07, 6.45) is 3.29. The summed E-state index contributed by atoms with van der Waals surface area (Å²) in [5, 5.41) is 25.7. The van der Waals surface area contributed by atoms with Gasteiger partial charge in [0, 0.05) is 56.8 Å². The second-order valence-corrected chi connectivity index (χ2v) is 15.5. The molecule has 1 amide bonds. The van der Waals surface area contributed by atoms with Crippen LogP contribution in [0.15, 0.2) is 60.7 Å². The van der Waals surface area contributed by atoms with Crippen LogP contribution in [0, 0.1) is 35.4 Å². The molecule has 2 fully saturated rings. The largest absolute Gasteiger partial charge is 0.493 e. The fourth-order valence-electron chi connectivity index (χ4n) is 7.99.